The predicted molar refractivity (Wildman–Crippen MR) is 87.5 cm³/mol. The van der Waals surface area contributed by atoms with Gasteiger partial charge in [0, 0.05) is 0 Å². The molecule has 0 heterocycles. The van der Waals surface area contributed by atoms with E-state index >= 15 is 0 Å². The summed E-state index contributed by atoms with van der Waals surface area (Å²) in [5, 5.41) is 0. The molecule has 0 aromatic rings. The van der Waals surface area contributed by atoms with Crippen LogP contribution in [0, 0.1) is 22.2 Å². The fourth-order valence-corrected chi connectivity index (χ4v) is 5.47. The molecule has 0 aromatic heterocycles. The Labute approximate surface area is 131 Å². The van der Waals surface area contributed by atoms with Crippen molar-refractivity contribution in [2.75, 3.05) is 0 Å². The molecule has 106 valence electrons. The zero-order chi connectivity index (χ0) is 15.2. The molecule has 0 amide bonds. The number of hydrogen-bond donors (Lipinski definition) is 0. The third-order valence-electron chi connectivity index (χ3n) is 4.15. The Bertz CT molecular complexity index is 391. The molecule has 2 unspecified atom stereocenters. The average Bonchev–Trinajstić information content (AvgIpc) is 2.11. The Kier molecular flexibility index (Phi) is 4.65. The van der Waals surface area contributed by atoms with Crippen LogP contribution in [0.25, 0.3) is 0 Å². The molecule has 0 nitrogen and oxygen atoms in total. The number of rotatable bonds is 0. The Morgan fingerprint density at radius 2 is 1.32 bits per heavy atom. The molecule has 1 aliphatic carbocycles. The number of hydrogen-bond acceptors (Lipinski definition) is 0. The first kappa shape index (κ1) is 17.2. The normalized spacial score (nSPS) is 25.9. The summed E-state index contributed by atoms with van der Waals surface area (Å²) in [7, 11) is 0. The van der Waals surface area contributed by atoms with E-state index in [1.165, 1.54) is 5.57 Å². The summed E-state index contributed by atoms with van der Waals surface area (Å²) < 4.78 is 0.693. The molecule has 0 fully saturated rings. The van der Waals surface area contributed by atoms with E-state index in [2.05, 4.69) is 74.5 Å². The number of allylic oxidation sites excluding steroid dienone is 4. The maximum absolute atomic E-state index is 2.56. The van der Waals surface area contributed by atoms with Gasteiger partial charge in [0.15, 0.2) is 0 Å². The van der Waals surface area contributed by atoms with Gasteiger partial charge in [-0.3, -0.25) is 0 Å². The van der Waals surface area contributed by atoms with Crippen LogP contribution in [0.5, 0.6) is 0 Å². The summed E-state index contributed by atoms with van der Waals surface area (Å²) in [6.45, 7) is 21.2. The summed E-state index contributed by atoms with van der Waals surface area (Å²) in [4.78, 5) is 0. The molecule has 19 heavy (non-hydrogen) atoms. The van der Waals surface area contributed by atoms with E-state index in [0.29, 0.717) is 15.8 Å². The van der Waals surface area contributed by atoms with Gasteiger partial charge in [-0.25, -0.2) is 0 Å². The molecule has 0 saturated carbocycles. The first-order valence-electron chi connectivity index (χ1n) is 7.44. The zero-order valence-electron chi connectivity index (χ0n) is 14.4. The van der Waals surface area contributed by atoms with Crippen LogP contribution >= 0.6 is 0 Å². The molecule has 1 rings (SSSR count). The van der Waals surface area contributed by atoms with E-state index in [0.717, 1.165) is 0 Å². The minimum atomic E-state index is 0.243. The van der Waals surface area contributed by atoms with Gasteiger partial charge in [-0.15, -0.1) is 0 Å². The summed E-state index contributed by atoms with van der Waals surface area (Å²) >= 11 is 1.88. The van der Waals surface area contributed by atoms with Crippen LogP contribution in [0.15, 0.2) is 23.3 Å². The van der Waals surface area contributed by atoms with Crippen molar-refractivity contribution >= 4 is 18.6 Å². The second kappa shape index (κ2) is 5.15. The van der Waals surface area contributed by atoms with Crippen molar-refractivity contribution in [1.29, 1.82) is 0 Å². The quantitative estimate of drug-likeness (QED) is 0.513. The summed E-state index contributed by atoms with van der Waals surface area (Å²) in [5.74, 6) is 0.654. The molecule has 0 saturated heterocycles. The fraction of sp³-hybridized carbons (Fsp3) is 0.778. The molecule has 0 bridgehead atoms. The van der Waals surface area contributed by atoms with Gasteiger partial charge in [0.1, 0.15) is 0 Å². The summed E-state index contributed by atoms with van der Waals surface area (Å²) in [5.41, 5.74) is 4.01. The topological polar surface area (TPSA) is 0 Å². The predicted octanol–water partition coefficient (Wildman–Crippen LogP) is 5.56. The van der Waals surface area contributed by atoms with Crippen molar-refractivity contribution in [3.8, 4) is 0 Å². The fourth-order valence-electron chi connectivity index (χ4n) is 2.77. The van der Waals surface area contributed by atoms with Gasteiger partial charge >= 0.3 is 131 Å². The zero-order valence-corrected chi connectivity index (χ0v) is 16.8. The SMILES string of the molecule is CC(C)(C)C1=CC(C(C)(C)C)[CH]([Ga])C(C(C)(C)C)=C1. The first-order valence-corrected chi connectivity index (χ1v) is 8.84. The van der Waals surface area contributed by atoms with E-state index in [-0.39, 0.29) is 10.8 Å². The molecular weight excluding hydrogens is 286 g/mol. The van der Waals surface area contributed by atoms with E-state index in [1.807, 2.05) is 18.6 Å². The average molecular weight is 317 g/mol. The molecule has 2 atom stereocenters. The van der Waals surface area contributed by atoms with Crippen molar-refractivity contribution in [2.24, 2.45) is 22.2 Å². The van der Waals surface area contributed by atoms with Gasteiger partial charge in [-0.05, 0) is 0 Å². The van der Waals surface area contributed by atoms with Crippen LogP contribution in [0.4, 0.5) is 0 Å². The van der Waals surface area contributed by atoms with Crippen LogP contribution in [-0.2, 0) is 0 Å². The van der Waals surface area contributed by atoms with E-state index in [9.17, 15) is 0 Å². The van der Waals surface area contributed by atoms with Crippen LogP contribution in [0.1, 0.15) is 62.3 Å². The van der Waals surface area contributed by atoms with Gasteiger partial charge in [0.2, 0.25) is 0 Å². The molecule has 0 spiro atoms. The van der Waals surface area contributed by atoms with Crippen molar-refractivity contribution in [3.05, 3.63) is 23.3 Å². The van der Waals surface area contributed by atoms with E-state index in [1.54, 1.807) is 5.57 Å². The van der Waals surface area contributed by atoms with Gasteiger partial charge in [-0.2, -0.15) is 0 Å². The van der Waals surface area contributed by atoms with Gasteiger partial charge in [0.25, 0.3) is 0 Å². The third kappa shape index (κ3) is 4.04. The maximum atomic E-state index is 2.56. The standard InChI is InChI=1S/C18H31.Ga/c1-16(2,3)13-10-14(17(4,5)6)12-15(11-13)18(7,8)9;/h10-13H,1-9H3;. The molecule has 1 heteroatoms. The molecule has 2 radical (unpaired) electrons. The van der Waals surface area contributed by atoms with Crippen molar-refractivity contribution in [3.63, 3.8) is 0 Å². The molecular formula is C18H31Ga. The van der Waals surface area contributed by atoms with Crippen molar-refractivity contribution < 1.29 is 0 Å². The molecule has 0 aromatic carbocycles. The molecule has 0 N–H and O–H groups in total. The first-order chi connectivity index (χ1) is 8.24. The molecule has 1 aliphatic rings. The monoisotopic (exact) mass is 316 g/mol. The Morgan fingerprint density at radius 1 is 0.842 bits per heavy atom. The second-order valence-electron chi connectivity index (χ2n) is 9.14. The Balaban J connectivity index is 3.36. The van der Waals surface area contributed by atoms with Gasteiger partial charge < -0.3 is 0 Å². The van der Waals surface area contributed by atoms with Crippen LogP contribution in [0.3, 0.4) is 0 Å². The van der Waals surface area contributed by atoms with E-state index < -0.39 is 0 Å². The van der Waals surface area contributed by atoms with Crippen molar-refractivity contribution in [1.82, 2.24) is 0 Å². The third-order valence-corrected chi connectivity index (χ3v) is 5.77. The summed E-state index contributed by atoms with van der Waals surface area (Å²) in [6, 6.07) is 0. The Morgan fingerprint density at radius 3 is 1.63 bits per heavy atom. The summed E-state index contributed by atoms with van der Waals surface area (Å²) in [6.07, 6.45) is 5.05. The van der Waals surface area contributed by atoms with Crippen LogP contribution < -0.4 is 0 Å². The minimum absolute atomic E-state index is 0.243. The Hall–Kier alpha value is 0.116. The molecule has 0 aliphatic heterocycles. The van der Waals surface area contributed by atoms with Gasteiger partial charge in [-0.1, -0.05) is 0 Å². The second-order valence-corrected chi connectivity index (χ2v) is 10.6. The van der Waals surface area contributed by atoms with Crippen LogP contribution in [0.2, 0.25) is 4.47 Å². The van der Waals surface area contributed by atoms with E-state index in [4.69, 9.17) is 0 Å². The van der Waals surface area contributed by atoms with Crippen LogP contribution in [-0.4, -0.2) is 18.6 Å². The van der Waals surface area contributed by atoms with Gasteiger partial charge in [0.05, 0.1) is 0 Å². The van der Waals surface area contributed by atoms with Crippen molar-refractivity contribution in [2.45, 2.75) is 66.8 Å².